The van der Waals surface area contributed by atoms with E-state index in [0.29, 0.717) is 11.3 Å². The summed E-state index contributed by atoms with van der Waals surface area (Å²) in [4.78, 5) is 35.8. The van der Waals surface area contributed by atoms with Gasteiger partial charge in [-0.25, -0.2) is 9.97 Å². The molecule has 0 atom stereocenters. The number of nitrogens with one attached hydrogen (secondary N) is 1. The Kier molecular flexibility index (Phi) is 5.91. The van der Waals surface area contributed by atoms with Crippen molar-refractivity contribution >= 4 is 28.6 Å². The molecule has 0 saturated heterocycles. The maximum Gasteiger partial charge on any atom is 0.304 e. The molecule has 9 heteroatoms. The zero-order valence-electron chi connectivity index (χ0n) is 17.6. The van der Waals surface area contributed by atoms with Gasteiger partial charge in [0.15, 0.2) is 6.73 Å². The van der Waals surface area contributed by atoms with Crippen LogP contribution in [0.4, 0.5) is 5.69 Å². The van der Waals surface area contributed by atoms with Gasteiger partial charge >= 0.3 is 5.97 Å². The molecule has 0 radical (unpaired) electrons. The largest absolute Gasteiger partial charge is 0.444 e. The van der Waals surface area contributed by atoms with Gasteiger partial charge in [-0.05, 0) is 35.9 Å². The van der Waals surface area contributed by atoms with E-state index in [9.17, 15) is 14.9 Å². The van der Waals surface area contributed by atoms with Crippen molar-refractivity contribution in [3.05, 3.63) is 73.6 Å². The topological polar surface area (TPSA) is 123 Å². The Labute approximate surface area is 189 Å². The summed E-state index contributed by atoms with van der Waals surface area (Å²) in [6.45, 7) is 4.79. The van der Waals surface area contributed by atoms with E-state index in [4.69, 9.17) is 4.74 Å². The van der Waals surface area contributed by atoms with E-state index in [-0.39, 0.29) is 18.3 Å². The van der Waals surface area contributed by atoms with Crippen LogP contribution < -0.4 is 5.32 Å². The van der Waals surface area contributed by atoms with Gasteiger partial charge in [0.1, 0.15) is 17.4 Å². The molecule has 4 aromatic rings. The maximum absolute atomic E-state index is 11.6. The standard InChI is InChI=1S/C24H18N6O3/c1-3-23(32)29-20-7-17(10-26-12-20)18-8-21-22(16-4-5-27-19(6-16)9-25)13-30(14-33-15(2)31)24(21)28-11-18/h3-8,10-13H,1,14H2,2H3,(H,29,32). The van der Waals surface area contributed by atoms with Crippen LogP contribution in [0.1, 0.15) is 12.6 Å². The monoisotopic (exact) mass is 438 g/mol. The summed E-state index contributed by atoms with van der Waals surface area (Å²) < 4.78 is 6.89. The number of hydrogen-bond acceptors (Lipinski definition) is 7. The number of aromatic nitrogens is 4. The first-order valence-electron chi connectivity index (χ1n) is 9.86. The van der Waals surface area contributed by atoms with E-state index in [0.717, 1.165) is 27.6 Å². The fourth-order valence-electron chi connectivity index (χ4n) is 3.34. The molecule has 4 heterocycles. The molecule has 33 heavy (non-hydrogen) atoms. The van der Waals surface area contributed by atoms with Crippen molar-refractivity contribution < 1.29 is 14.3 Å². The van der Waals surface area contributed by atoms with Gasteiger partial charge in [-0.1, -0.05) is 6.58 Å². The molecule has 0 aromatic carbocycles. The van der Waals surface area contributed by atoms with Gasteiger partial charge in [0.2, 0.25) is 5.91 Å². The van der Waals surface area contributed by atoms with E-state index >= 15 is 0 Å². The van der Waals surface area contributed by atoms with E-state index < -0.39 is 5.97 Å². The zero-order valence-corrected chi connectivity index (χ0v) is 17.6. The molecule has 0 unspecified atom stereocenters. The van der Waals surface area contributed by atoms with Crippen molar-refractivity contribution in [2.75, 3.05) is 5.32 Å². The number of anilines is 1. The minimum Gasteiger partial charge on any atom is -0.444 e. The molecule has 0 aliphatic heterocycles. The molecule has 0 bridgehead atoms. The Morgan fingerprint density at radius 3 is 2.76 bits per heavy atom. The van der Waals surface area contributed by atoms with Gasteiger partial charge in [0.05, 0.1) is 11.9 Å². The summed E-state index contributed by atoms with van der Waals surface area (Å²) in [5.41, 5.74) is 4.51. The number of ether oxygens (including phenoxy) is 1. The predicted octanol–water partition coefficient (Wildman–Crippen LogP) is 3.68. The van der Waals surface area contributed by atoms with Crippen LogP contribution in [0.15, 0.2) is 67.9 Å². The average Bonchev–Trinajstić information content (AvgIpc) is 3.20. The van der Waals surface area contributed by atoms with Crippen LogP contribution in [0.2, 0.25) is 0 Å². The molecule has 0 aliphatic rings. The highest BCUT2D eigenvalue weighted by atomic mass is 16.5. The third-order valence-corrected chi connectivity index (χ3v) is 4.83. The van der Waals surface area contributed by atoms with Crippen LogP contribution in [-0.4, -0.2) is 31.4 Å². The second kappa shape index (κ2) is 9.11. The van der Waals surface area contributed by atoms with E-state index in [2.05, 4.69) is 26.8 Å². The Morgan fingerprint density at radius 2 is 2.00 bits per heavy atom. The molecular formula is C24H18N6O3. The first-order chi connectivity index (χ1) is 16.0. The van der Waals surface area contributed by atoms with Crippen LogP contribution in [0.5, 0.6) is 0 Å². The SMILES string of the molecule is C=CC(=O)Nc1cncc(-c2cnc3c(c2)c(-c2ccnc(C#N)c2)cn3COC(C)=O)c1. The number of rotatable bonds is 6. The highest BCUT2D eigenvalue weighted by Crippen LogP contribution is 2.33. The van der Waals surface area contributed by atoms with Crippen molar-refractivity contribution in [3.8, 4) is 28.3 Å². The van der Waals surface area contributed by atoms with Gasteiger partial charge in [-0.15, -0.1) is 0 Å². The number of fused-ring (bicyclic) bond motifs is 1. The fraction of sp³-hybridized carbons (Fsp3) is 0.0833. The first kappa shape index (κ1) is 21.4. The van der Waals surface area contributed by atoms with Crippen molar-refractivity contribution in [2.45, 2.75) is 13.7 Å². The highest BCUT2D eigenvalue weighted by Gasteiger charge is 2.15. The molecule has 4 aromatic heterocycles. The smallest absolute Gasteiger partial charge is 0.304 e. The third kappa shape index (κ3) is 4.60. The second-order valence-corrected chi connectivity index (χ2v) is 7.07. The van der Waals surface area contributed by atoms with Crippen molar-refractivity contribution in [1.29, 1.82) is 5.26 Å². The van der Waals surface area contributed by atoms with Crippen LogP contribution in [0, 0.1) is 11.3 Å². The molecule has 1 amide bonds. The van der Waals surface area contributed by atoms with Gasteiger partial charge in [0.25, 0.3) is 0 Å². The Morgan fingerprint density at radius 1 is 1.18 bits per heavy atom. The van der Waals surface area contributed by atoms with E-state index in [1.54, 1.807) is 41.4 Å². The number of nitrogens with zero attached hydrogens (tertiary/aromatic N) is 5. The summed E-state index contributed by atoms with van der Waals surface area (Å²) in [5.74, 6) is -0.742. The molecule has 162 valence electrons. The summed E-state index contributed by atoms with van der Waals surface area (Å²) in [6.07, 6.45) is 9.46. The lowest BCUT2D eigenvalue weighted by atomic mass is 10.0. The lowest BCUT2D eigenvalue weighted by Crippen LogP contribution is -2.07. The van der Waals surface area contributed by atoms with E-state index in [1.165, 1.54) is 19.2 Å². The predicted molar refractivity (Wildman–Crippen MR) is 122 cm³/mol. The maximum atomic E-state index is 11.6. The van der Waals surface area contributed by atoms with Crippen LogP contribution in [0.3, 0.4) is 0 Å². The van der Waals surface area contributed by atoms with Crippen molar-refractivity contribution in [3.63, 3.8) is 0 Å². The number of nitriles is 1. The van der Waals surface area contributed by atoms with E-state index in [1.807, 2.05) is 18.3 Å². The van der Waals surface area contributed by atoms with Crippen molar-refractivity contribution in [2.24, 2.45) is 0 Å². The van der Waals surface area contributed by atoms with Gasteiger partial charge in [0, 0.05) is 53.8 Å². The Hall–Kier alpha value is -4.84. The molecule has 0 fully saturated rings. The lowest BCUT2D eigenvalue weighted by Gasteiger charge is -2.07. The number of hydrogen-bond donors (Lipinski definition) is 1. The summed E-state index contributed by atoms with van der Waals surface area (Å²) in [6, 6.07) is 9.25. The number of pyridine rings is 3. The lowest BCUT2D eigenvalue weighted by molar-refractivity contribution is -0.144. The van der Waals surface area contributed by atoms with Crippen LogP contribution in [-0.2, 0) is 21.1 Å². The molecule has 4 rings (SSSR count). The number of esters is 1. The van der Waals surface area contributed by atoms with Crippen LogP contribution >= 0.6 is 0 Å². The fourth-order valence-corrected chi connectivity index (χ4v) is 3.34. The minimum atomic E-state index is -0.407. The van der Waals surface area contributed by atoms with Gasteiger partial charge < -0.3 is 10.1 Å². The quantitative estimate of drug-likeness (QED) is 0.360. The molecule has 1 N–H and O–H groups in total. The van der Waals surface area contributed by atoms with Crippen molar-refractivity contribution in [1.82, 2.24) is 19.5 Å². The second-order valence-electron chi connectivity index (χ2n) is 7.07. The highest BCUT2D eigenvalue weighted by molar-refractivity contribution is 5.99. The zero-order chi connectivity index (χ0) is 23.4. The number of amides is 1. The molecule has 0 aliphatic carbocycles. The molecule has 0 spiro atoms. The molecule has 0 saturated carbocycles. The van der Waals surface area contributed by atoms with Gasteiger partial charge in [-0.3, -0.25) is 19.1 Å². The third-order valence-electron chi connectivity index (χ3n) is 4.83. The summed E-state index contributed by atoms with van der Waals surface area (Å²) in [5, 5.41) is 12.7. The summed E-state index contributed by atoms with van der Waals surface area (Å²) in [7, 11) is 0. The first-order valence-corrected chi connectivity index (χ1v) is 9.86. The minimum absolute atomic E-state index is 0.000996. The normalized spacial score (nSPS) is 10.4. The molecule has 9 nitrogen and oxygen atoms in total. The Bertz CT molecular complexity index is 1430. The summed E-state index contributed by atoms with van der Waals surface area (Å²) >= 11 is 0. The van der Waals surface area contributed by atoms with Crippen LogP contribution in [0.25, 0.3) is 33.3 Å². The molecular weight excluding hydrogens is 420 g/mol. The Balaban J connectivity index is 1.84. The van der Waals surface area contributed by atoms with Gasteiger partial charge in [-0.2, -0.15) is 5.26 Å². The average molecular weight is 438 g/mol. The number of carbonyl (C=O) groups excluding carboxylic acids is 2. The number of carbonyl (C=O) groups is 2.